The number of carbonyl (C=O) groups excluding carboxylic acids is 1. The average Bonchev–Trinajstić information content (AvgIpc) is 3.06. The monoisotopic (exact) mass is 318 g/mol. The second kappa shape index (κ2) is 6.89. The van der Waals surface area contributed by atoms with Crippen LogP contribution in [0.3, 0.4) is 0 Å². The second-order valence-electron chi connectivity index (χ2n) is 5.10. The van der Waals surface area contributed by atoms with Crippen LogP contribution in [0.2, 0.25) is 0 Å². The van der Waals surface area contributed by atoms with Crippen molar-refractivity contribution >= 4 is 22.4 Å². The number of hydrogen-bond donors (Lipinski definition) is 0. The third-order valence-electron chi connectivity index (χ3n) is 3.59. The Morgan fingerprint density at radius 1 is 1.45 bits per heavy atom. The topological polar surface area (TPSA) is 51.7 Å². The van der Waals surface area contributed by atoms with Crippen LogP contribution >= 0.6 is 11.3 Å². The molecule has 2 aromatic rings. The zero-order chi connectivity index (χ0) is 15.4. The first kappa shape index (κ1) is 15.0. The summed E-state index contributed by atoms with van der Waals surface area (Å²) in [6.07, 6.45) is 0.148. The number of ether oxygens (including phenoxy) is 2. The molecule has 1 unspecified atom stereocenters. The molecule has 0 bridgehead atoms. The molecule has 1 fully saturated rings. The van der Waals surface area contributed by atoms with Gasteiger partial charge in [-0.1, -0.05) is 30.3 Å². The summed E-state index contributed by atoms with van der Waals surface area (Å²) < 4.78 is 10.3. The molecule has 0 aliphatic carbocycles. The van der Waals surface area contributed by atoms with Crippen molar-refractivity contribution < 1.29 is 14.3 Å². The lowest BCUT2D eigenvalue weighted by Gasteiger charge is -2.32. The minimum Gasteiger partial charge on any atom is -0.469 e. The van der Waals surface area contributed by atoms with Gasteiger partial charge in [0, 0.05) is 24.0 Å². The molecule has 0 radical (unpaired) electrons. The van der Waals surface area contributed by atoms with E-state index < -0.39 is 0 Å². The maximum absolute atomic E-state index is 11.4. The fourth-order valence-corrected chi connectivity index (χ4v) is 3.31. The molecule has 0 N–H and O–H groups in total. The van der Waals surface area contributed by atoms with Gasteiger partial charge >= 0.3 is 5.97 Å². The number of carbonyl (C=O) groups is 1. The third kappa shape index (κ3) is 3.45. The van der Waals surface area contributed by atoms with Gasteiger partial charge in [-0.3, -0.25) is 4.79 Å². The van der Waals surface area contributed by atoms with E-state index in [1.54, 1.807) is 11.3 Å². The molecule has 1 aromatic carbocycles. The first-order chi connectivity index (χ1) is 10.8. The van der Waals surface area contributed by atoms with E-state index in [0.717, 1.165) is 22.9 Å². The lowest BCUT2D eigenvalue weighted by molar-refractivity contribution is -0.144. The summed E-state index contributed by atoms with van der Waals surface area (Å²) in [7, 11) is 1.40. The van der Waals surface area contributed by atoms with Gasteiger partial charge in [0.15, 0.2) is 5.13 Å². The first-order valence-corrected chi connectivity index (χ1v) is 8.08. The normalized spacial score (nSPS) is 18.2. The molecule has 2 heterocycles. The highest BCUT2D eigenvalue weighted by Crippen LogP contribution is 2.28. The van der Waals surface area contributed by atoms with Gasteiger partial charge in [0.1, 0.15) is 0 Å². The molecule has 22 heavy (non-hydrogen) atoms. The van der Waals surface area contributed by atoms with Gasteiger partial charge in [0.25, 0.3) is 0 Å². The van der Waals surface area contributed by atoms with E-state index in [9.17, 15) is 4.79 Å². The molecule has 0 amide bonds. The van der Waals surface area contributed by atoms with Gasteiger partial charge in [-0.05, 0) is 0 Å². The summed E-state index contributed by atoms with van der Waals surface area (Å²) in [5, 5.41) is 3.03. The van der Waals surface area contributed by atoms with Crippen molar-refractivity contribution in [2.24, 2.45) is 0 Å². The van der Waals surface area contributed by atoms with E-state index in [1.807, 2.05) is 18.2 Å². The number of benzene rings is 1. The van der Waals surface area contributed by atoms with Crippen LogP contribution in [0.1, 0.15) is 6.42 Å². The van der Waals surface area contributed by atoms with Crippen LogP contribution in [0, 0.1) is 0 Å². The predicted octanol–water partition coefficient (Wildman–Crippen LogP) is 2.58. The molecule has 0 spiro atoms. The van der Waals surface area contributed by atoms with Crippen molar-refractivity contribution in [2.45, 2.75) is 12.5 Å². The molecule has 1 saturated heterocycles. The van der Waals surface area contributed by atoms with Crippen molar-refractivity contribution in [1.29, 1.82) is 0 Å². The summed E-state index contributed by atoms with van der Waals surface area (Å²) >= 11 is 1.62. The Hall–Kier alpha value is -1.92. The van der Waals surface area contributed by atoms with Crippen LogP contribution in [0.4, 0.5) is 5.13 Å². The van der Waals surface area contributed by atoms with Crippen molar-refractivity contribution in [3.8, 4) is 11.3 Å². The number of nitrogens with zero attached hydrogens (tertiary/aromatic N) is 2. The summed E-state index contributed by atoms with van der Waals surface area (Å²) in [5.74, 6) is -0.240. The van der Waals surface area contributed by atoms with Crippen LogP contribution in [0.5, 0.6) is 0 Å². The molecular formula is C16H18N2O3S. The van der Waals surface area contributed by atoms with E-state index in [4.69, 9.17) is 14.5 Å². The largest absolute Gasteiger partial charge is 0.469 e. The van der Waals surface area contributed by atoms with Gasteiger partial charge in [-0.2, -0.15) is 0 Å². The van der Waals surface area contributed by atoms with Crippen LogP contribution in [-0.4, -0.2) is 43.9 Å². The highest BCUT2D eigenvalue weighted by atomic mass is 32.1. The Kier molecular flexibility index (Phi) is 4.70. The minimum absolute atomic E-state index is 0.134. The van der Waals surface area contributed by atoms with Crippen molar-refractivity contribution in [1.82, 2.24) is 4.98 Å². The van der Waals surface area contributed by atoms with Crippen molar-refractivity contribution in [2.75, 3.05) is 31.7 Å². The molecular weight excluding hydrogens is 300 g/mol. The molecule has 1 aromatic heterocycles. The van der Waals surface area contributed by atoms with E-state index in [0.29, 0.717) is 13.2 Å². The van der Waals surface area contributed by atoms with Gasteiger partial charge < -0.3 is 14.4 Å². The lowest BCUT2D eigenvalue weighted by atomic mass is 10.2. The van der Waals surface area contributed by atoms with Crippen molar-refractivity contribution in [3.05, 3.63) is 35.7 Å². The summed E-state index contributed by atoms with van der Waals surface area (Å²) in [5.41, 5.74) is 2.10. The van der Waals surface area contributed by atoms with Crippen LogP contribution in [-0.2, 0) is 14.3 Å². The molecule has 3 rings (SSSR count). The highest BCUT2D eigenvalue weighted by molar-refractivity contribution is 7.14. The highest BCUT2D eigenvalue weighted by Gasteiger charge is 2.25. The molecule has 116 valence electrons. The maximum Gasteiger partial charge on any atom is 0.308 e. The van der Waals surface area contributed by atoms with Gasteiger partial charge in [0.2, 0.25) is 0 Å². The van der Waals surface area contributed by atoms with Gasteiger partial charge in [0.05, 0.1) is 31.9 Å². The summed E-state index contributed by atoms with van der Waals surface area (Å²) in [6.45, 7) is 2.05. The van der Waals surface area contributed by atoms with Crippen molar-refractivity contribution in [3.63, 3.8) is 0 Å². The quantitative estimate of drug-likeness (QED) is 0.811. The number of thiazole rings is 1. The van der Waals surface area contributed by atoms with Gasteiger partial charge in [-0.25, -0.2) is 4.98 Å². The van der Waals surface area contributed by atoms with E-state index >= 15 is 0 Å². The van der Waals surface area contributed by atoms with E-state index in [2.05, 4.69) is 22.4 Å². The Bertz CT molecular complexity index is 629. The smallest absolute Gasteiger partial charge is 0.308 e. The number of aromatic nitrogens is 1. The SMILES string of the molecule is COC(=O)CC1CN(c2nc(-c3ccccc3)cs2)CCO1. The molecule has 1 atom stereocenters. The fraction of sp³-hybridized carbons (Fsp3) is 0.375. The Labute approximate surface area is 133 Å². The number of esters is 1. The number of anilines is 1. The van der Waals surface area contributed by atoms with Crippen LogP contribution in [0.25, 0.3) is 11.3 Å². The molecule has 0 saturated carbocycles. The lowest BCUT2D eigenvalue weighted by Crippen LogP contribution is -2.43. The Morgan fingerprint density at radius 2 is 2.27 bits per heavy atom. The first-order valence-electron chi connectivity index (χ1n) is 7.20. The zero-order valence-electron chi connectivity index (χ0n) is 12.4. The summed E-state index contributed by atoms with van der Waals surface area (Å²) in [6, 6.07) is 10.1. The second-order valence-corrected chi connectivity index (χ2v) is 5.94. The molecule has 1 aliphatic rings. The van der Waals surface area contributed by atoms with Gasteiger partial charge in [-0.15, -0.1) is 11.3 Å². The fourth-order valence-electron chi connectivity index (χ4n) is 2.44. The molecule has 6 heteroatoms. The van der Waals surface area contributed by atoms with E-state index in [-0.39, 0.29) is 18.5 Å². The zero-order valence-corrected chi connectivity index (χ0v) is 13.2. The molecule has 5 nitrogen and oxygen atoms in total. The summed E-state index contributed by atoms with van der Waals surface area (Å²) in [4.78, 5) is 18.3. The van der Waals surface area contributed by atoms with Crippen LogP contribution < -0.4 is 4.90 Å². The number of hydrogen-bond acceptors (Lipinski definition) is 6. The number of morpholine rings is 1. The average molecular weight is 318 g/mol. The predicted molar refractivity (Wildman–Crippen MR) is 86.1 cm³/mol. The molecule has 1 aliphatic heterocycles. The number of rotatable bonds is 4. The number of methoxy groups -OCH3 is 1. The van der Waals surface area contributed by atoms with E-state index in [1.165, 1.54) is 7.11 Å². The third-order valence-corrected chi connectivity index (χ3v) is 4.49. The Balaban J connectivity index is 1.69. The standard InChI is InChI=1S/C16H18N2O3S/c1-20-15(19)9-13-10-18(7-8-21-13)16-17-14(11-22-16)12-5-3-2-4-6-12/h2-6,11,13H,7-10H2,1H3. The minimum atomic E-state index is -0.240. The maximum atomic E-state index is 11.4. The Morgan fingerprint density at radius 3 is 3.05 bits per heavy atom. The van der Waals surface area contributed by atoms with Crippen LogP contribution in [0.15, 0.2) is 35.7 Å².